The Labute approximate surface area is 200 Å². The van der Waals surface area contributed by atoms with E-state index in [4.69, 9.17) is 4.74 Å². The molecule has 3 unspecified atom stereocenters. The van der Waals surface area contributed by atoms with Crippen molar-refractivity contribution in [2.75, 3.05) is 0 Å². The lowest BCUT2D eigenvalue weighted by atomic mass is 9.47. The molecule has 0 aromatic carbocycles. The largest absolute Gasteiger partial charge is 0.372 e. The van der Waals surface area contributed by atoms with Crippen LogP contribution in [-0.4, -0.2) is 11.7 Å². The quantitative estimate of drug-likeness (QED) is 0.372. The van der Waals surface area contributed by atoms with Gasteiger partial charge in [-0.15, -0.1) is 0 Å². The smallest absolute Gasteiger partial charge is 0.0619 e. The van der Waals surface area contributed by atoms with E-state index in [0.29, 0.717) is 16.9 Å². The highest BCUT2D eigenvalue weighted by molar-refractivity contribution is 5.25. The van der Waals surface area contributed by atoms with Gasteiger partial charge in [0, 0.05) is 0 Å². The molecule has 0 saturated heterocycles. The molecule has 4 aliphatic carbocycles. The van der Waals surface area contributed by atoms with E-state index in [1.54, 1.807) is 5.57 Å². The van der Waals surface area contributed by atoms with Crippen LogP contribution in [0.2, 0.25) is 0 Å². The van der Waals surface area contributed by atoms with Gasteiger partial charge in [-0.25, -0.2) is 0 Å². The second-order valence-electron chi connectivity index (χ2n) is 14.4. The Hall–Kier alpha value is -0.300. The SMILES string of the molecule is CC(C)CCC[C@@H](C)[C@H]1CCC2C3CC=C4C[C@@H](OC(C)(C)C)CC[C@]4(C)C3CC[C@@]21C. The number of allylic oxidation sites excluding steroid dienone is 1. The van der Waals surface area contributed by atoms with Gasteiger partial charge in [0.2, 0.25) is 0 Å². The Morgan fingerprint density at radius 1 is 0.969 bits per heavy atom. The number of ether oxygens (including phenoxy) is 1. The normalized spacial score (nSPS) is 42.8. The van der Waals surface area contributed by atoms with Crippen LogP contribution in [0.4, 0.5) is 0 Å². The lowest BCUT2D eigenvalue weighted by molar-refractivity contribution is -0.0955. The second-order valence-corrected chi connectivity index (χ2v) is 14.4. The van der Waals surface area contributed by atoms with Crippen LogP contribution in [-0.2, 0) is 4.74 Å². The molecule has 0 bridgehead atoms. The summed E-state index contributed by atoms with van der Waals surface area (Å²) < 4.78 is 6.44. The predicted octanol–water partition coefficient (Wildman–Crippen LogP) is 9.21. The molecule has 0 amide bonds. The van der Waals surface area contributed by atoms with E-state index in [1.165, 1.54) is 70.6 Å². The molecule has 0 aliphatic heterocycles. The molecule has 32 heavy (non-hydrogen) atoms. The predicted molar refractivity (Wildman–Crippen MR) is 138 cm³/mol. The zero-order valence-corrected chi connectivity index (χ0v) is 22.8. The number of hydrogen-bond donors (Lipinski definition) is 0. The average molecular weight is 443 g/mol. The first kappa shape index (κ1) is 24.8. The van der Waals surface area contributed by atoms with E-state index in [-0.39, 0.29) is 5.60 Å². The Morgan fingerprint density at radius 3 is 2.41 bits per heavy atom. The standard InChI is InChI=1S/C31H54O/c1-21(2)10-9-11-22(3)26-14-15-27-25-13-12-23-20-24(32-29(4,5)6)16-18-30(23,7)28(25)17-19-31(26,27)8/h12,21-22,24-28H,9-11,13-20H2,1-8H3/t22-,24+,25?,26-,27?,28?,30+,31-/m1/s1. The first-order chi connectivity index (χ1) is 14.9. The van der Waals surface area contributed by atoms with E-state index in [9.17, 15) is 0 Å². The van der Waals surface area contributed by atoms with Crippen molar-refractivity contribution in [2.45, 2.75) is 138 Å². The summed E-state index contributed by atoms with van der Waals surface area (Å²) in [6.45, 7) is 19.4. The third-order valence-corrected chi connectivity index (χ3v) is 10.8. The van der Waals surface area contributed by atoms with E-state index in [1.807, 2.05) is 0 Å². The van der Waals surface area contributed by atoms with Crippen molar-refractivity contribution < 1.29 is 4.74 Å². The molecule has 0 heterocycles. The van der Waals surface area contributed by atoms with Gasteiger partial charge in [0.25, 0.3) is 0 Å². The van der Waals surface area contributed by atoms with Crippen molar-refractivity contribution in [3.8, 4) is 0 Å². The molecule has 0 spiro atoms. The molecule has 0 aromatic heterocycles. The van der Waals surface area contributed by atoms with Crippen LogP contribution < -0.4 is 0 Å². The molecule has 0 radical (unpaired) electrons. The van der Waals surface area contributed by atoms with E-state index < -0.39 is 0 Å². The summed E-state index contributed by atoms with van der Waals surface area (Å²) >= 11 is 0. The fraction of sp³-hybridized carbons (Fsp3) is 0.935. The van der Waals surface area contributed by atoms with E-state index in [0.717, 1.165) is 35.5 Å². The van der Waals surface area contributed by atoms with Gasteiger partial charge in [0.1, 0.15) is 0 Å². The van der Waals surface area contributed by atoms with Crippen LogP contribution in [0.25, 0.3) is 0 Å². The van der Waals surface area contributed by atoms with Crippen LogP contribution in [0.1, 0.15) is 126 Å². The molecular formula is C31H54O. The number of rotatable bonds is 6. The first-order valence-electron chi connectivity index (χ1n) is 14.3. The molecule has 4 rings (SSSR count). The molecule has 3 fully saturated rings. The van der Waals surface area contributed by atoms with Crippen molar-refractivity contribution in [3.63, 3.8) is 0 Å². The maximum absolute atomic E-state index is 6.44. The first-order valence-corrected chi connectivity index (χ1v) is 14.3. The third kappa shape index (κ3) is 4.63. The highest BCUT2D eigenvalue weighted by Gasteiger charge is 2.59. The van der Waals surface area contributed by atoms with Crippen molar-refractivity contribution in [1.29, 1.82) is 0 Å². The topological polar surface area (TPSA) is 9.23 Å². The minimum Gasteiger partial charge on any atom is -0.372 e. The highest BCUT2D eigenvalue weighted by atomic mass is 16.5. The average Bonchev–Trinajstić information content (AvgIpc) is 3.04. The maximum atomic E-state index is 6.44. The summed E-state index contributed by atoms with van der Waals surface area (Å²) in [7, 11) is 0. The van der Waals surface area contributed by atoms with Crippen LogP contribution in [0.15, 0.2) is 11.6 Å². The molecule has 0 N–H and O–H groups in total. The van der Waals surface area contributed by atoms with Crippen molar-refractivity contribution in [3.05, 3.63) is 11.6 Å². The Bertz CT molecular complexity index is 683. The van der Waals surface area contributed by atoms with Crippen LogP contribution in [0, 0.1) is 46.3 Å². The van der Waals surface area contributed by atoms with Crippen LogP contribution in [0.3, 0.4) is 0 Å². The van der Waals surface area contributed by atoms with E-state index >= 15 is 0 Å². The summed E-state index contributed by atoms with van der Waals surface area (Å²) in [5.41, 5.74) is 2.79. The van der Waals surface area contributed by atoms with Gasteiger partial charge >= 0.3 is 0 Å². The minimum absolute atomic E-state index is 0.0203. The van der Waals surface area contributed by atoms with Crippen LogP contribution >= 0.6 is 0 Å². The number of hydrogen-bond acceptors (Lipinski definition) is 1. The Morgan fingerprint density at radius 2 is 1.72 bits per heavy atom. The van der Waals surface area contributed by atoms with E-state index in [2.05, 4.69) is 61.5 Å². The molecular weight excluding hydrogens is 388 g/mol. The van der Waals surface area contributed by atoms with Crippen molar-refractivity contribution >= 4 is 0 Å². The lowest BCUT2D eigenvalue weighted by Crippen LogP contribution is -2.51. The van der Waals surface area contributed by atoms with Gasteiger partial charge in [-0.2, -0.15) is 0 Å². The maximum Gasteiger partial charge on any atom is 0.0619 e. The van der Waals surface area contributed by atoms with Gasteiger partial charge in [-0.05, 0) is 118 Å². The fourth-order valence-corrected chi connectivity index (χ4v) is 9.25. The second kappa shape index (κ2) is 9.05. The summed E-state index contributed by atoms with van der Waals surface area (Å²) in [6.07, 6.45) is 18.6. The molecule has 184 valence electrons. The summed E-state index contributed by atoms with van der Waals surface area (Å²) in [4.78, 5) is 0. The Balaban J connectivity index is 1.46. The molecule has 1 heteroatoms. The van der Waals surface area contributed by atoms with Gasteiger partial charge in [0.15, 0.2) is 0 Å². The monoisotopic (exact) mass is 442 g/mol. The lowest BCUT2D eigenvalue weighted by Gasteiger charge is -2.58. The summed E-state index contributed by atoms with van der Waals surface area (Å²) in [5.74, 6) is 5.57. The fourth-order valence-electron chi connectivity index (χ4n) is 9.25. The zero-order valence-electron chi connectivity index (χ0n) is 22.8. The minimum atomic E-state index is -0.0203. The molecule has 1 nitrogen and oxygen atoms in total. The zero-order chi connectivity index (χ0) is 23.3. The third-order valence-electron chi connectivity index (χ3n) is 10.8. The molecule has 3 saturated carbocycles. The van der Waals surface area contributed by atoms with Gasteiger partial charge < -0.3 is 4.74 Å². The Kier molecular flexibility index (Phi) is 7.02. The van der Waals surface area contributed by atoms with Crippen molar-refractivity contribution in [2.24, 2.45) is 46.3 Å². The molecule has 8 atom stereocenters. The molecule has 0 aromatic rings. The van der Waals surface area contributed by atoms with Crippen molar-refractivity contribution in [1.82, 2.24) is 0 Å². The molecule has 4 aliphatic rings. The van der Waals surface area contributed by atoms with Gasteiger partial charge in [-0.1, -0.05) is 65.5 Å². The summed E-state index contributed by atoms with van der Waals surface area (Å²) in [5, 5.41) is 0. The van der Waals surface area contributed by atoms with Gasteiger partial charge in [0.05, 0.1) is 11.7 Å². The van der Waals surface area contributed by atoms with Gasteiger partial charge in [-0.3, -0.25) is 0 Å². The highest BCUT2D eigenvalue weighted by Crippen LogP contribution is 2.67. The van der Waals surface area contributed by atoms with Crippen LogP contribution in [0.5, 0.6) is 0 Å². The summed E-state index contributed by atoms with van der Waals surface area (Å²) in [6, 6.07) is 0. The number of fused-ring (bicyclic) bond motifs is 5.